The summed E-state index contributed by atoms with van der Waals surface area (Å²) in [5.74, 6) is 0.770. The van der Waals surface area contributed by atoms with Gasteiger partial charge in [-0.25, -0.2) is 0 Å². The Morgan fingerprint density at radius 3 is 2.63 bits per heavy atom. The third-order valence-corrected chi connectivity index (χ3v) is 3.88. The van der Waals surface area contributed by atoms with Crippen molar-refractivity contribution in [2.45, 2.75) is 45.7 Å². The fourth-order valence-electron chi connectivity index (χ4n) is 2.51. The molecule has 3 heteroatoms. The quantitative estimate of drug-likeness (QED) is 0.872. The number of hydrogen-bond acceptors (Lipinski definition) is 2. The molecule has 1 aromatic rings. The lowest BCUT2D eigenvalue weighted by atomic mass is 9.94. The van der Waals surface area contributed by atoms with Gasteiger partial charge in [0.05, 0.1) is 6.04 Å². The van der Waals surface area contributed by atoms with Gasteiger partial charge in [-0.05, 0) is 42.9 Å². The molecule has 2 unspecified atom stereocenters. The highest BCUT2D eigenvalue weighted by Crippen LogP contribution is 2.15. The van der Waals surface area contributed by atoms with Crippen LogP contribution < -0.4 is 10.6 Å². The third kappa shape index (κ3) is 4.06. The molecule has 0 spiro atoms. The summed E-state index contributed by atoms with van der Waals surface area (Å²) in [7, 11) is 0. The zero-order valence-electron chi connectivity index (χ0n) is 11.9. The number of piperidine rings is 1. The normalized spacial score (nSPS) is 23.1. The molecule has 1 aromatic carbocycles. The average molecular weight is 260 g/mol. The zero-order valence-corrected chi connectivity index (χ0v) is 11.9. The lowest BCUT2D eigenvalue weighted by Gasteiger charge is -2.27. The number of carbonyl (C=O) groups excluding carboxylic acids is 1. The van der Waals surface area contributed by atoms with Crippen LogP contribution >= 0.6 is 0 Å². The number of amides is 1. The van der Waals surface area contributed by atoms with E-state index in [4.69, 9.17) is 0 Å². The van der Waals surface area contributed by atoms with Crippen LogP contribution in [0.2, 0.25) is 0 Å². The van der Waals surface area contributed by atoms with Crippen molar-refractivity contribution >= 4 is 5.91 Å². The zero-order chi connectivity index (χ0) is 13.7. The summed E-state index contributed by atoms with van der Waals surface area (Å²) in [6.45, 7) is 5.93. The molecule has 104 valence electrons. The van der Waals surface area contributed by atoms with Crippen molar-refractivity contribution in [1.82, 2.24) is 10.6 Å². The SMILES string of the molecule is CCc1ccc(CNC(=O)C2CC(C)CCN2)cc1. The maximum absolute atomic E-state index is 12.1. The number of benzene rings is 1. The molecule has 1 aliphatic heterocycles. The van der Waals surface area contributed by atoms with E-state index in [2.05, 4.69) is 48.7 Å². The molecule has 0 aromatic heterocycles. The number of hydrogen-bond donors (Lipinski definition) is 2. The van der Waals surface area contributed by atoms with E-state index in [1.54, 1.807) is 0 Å². The van der Waals surface area contributed by atoms with Gasteiger partial charge in [0.1, 0.15) is 0 Å². The Bertz CT molecular complexity index is 413. The molecular formula is C16H24N2O. The molecule has 0 aliphatic carbocycles. The fraction of sp³-hybridized carbons (Fsp3) is 0.562. The minimum Gasteiger partial charge on any atom is -0.351 e. The summed E-state index contributed by atoms with van der Waals surface area (Å²) >= 11 is 0. The fourth-order valence-corrected chi connectivity index (χ4v) is 2.51. The van der Waals surface area contributed by atoms with Gasteiger partial charge in [0, 0.05) is 6.54 Å². The van der Waals surface area contributed by atoms with Gasteiger partial charge in [-0.15, -0.1) is 0 Å². The van der Waals surface area contributed by atoms with Crippen molar-refractivity contribution < 1.29 is 4.79 Å². The Balaban J connectivity index is 1.82. The van der Waals surface area contributed by atoms with Crippen LogP contribution in [0.15, 0.2) is 24.3 Å². The molecule has 2 atom stereocenters. The predicted octanol–water partition coefficient (Wildman–Crippen LogP) is 2.25. The standard InChI is InChI=1S/C16H24N2O/c1-3-13-4-6-14(7-5-13)11-18-16(19)15-10-12(2)8-9-17-15/h4-7,12,15,17H,3,8-11H2,1-2H3,(H,18,19). The number of aryl methyl sites for hydroxylation is 1. The van der Waals surface area contributed by atoms with Crippen LogP contribution in [0.25, 0.3) is 0 Å². The Labute approximate surface area is 115 Å². The summed E-state index contributed by atoms with van der Waals surface area (Å²) in [5.41, 5.74) is 2.49. The maximum Gasteiger partial charge on any atom is 0.237 e. The first-order valence-electron chi connectivity index (χ1n) is 7.28. The Kier molecular flexibility index (Phi) is 4.97. The highest BCUT2D eigenvalue weighted by atomic mass is 16.2. The second kappa shape index (κ2) is 6.71. The highest BCUT2D eigenvalue weighted by molar-refractivity contribution is 5.81. The molecule has 0 bridgehead atoms. The summed E-state index contributed by atoms with van der Waals surface area (Å²) in [4.78, 5) is 12.1. The smallest absolute Gasteiger partial charge is 0.237 e. The van der Waals surface area contributed by atoms with E-state index in [9.17, 15) is 4.79 Å². The highest BCUT2D eigenvalue weighted by Gasteiger charge is 2.23. The lowest BCUT2D eigenvalue weighted by Crippen LogP contribution is -2.48. The van der Waals surface area contributed by atoms with Crippen LogP contribution in [0.3, 0.4) is 0 Å². The Hall–Kier alpha value is -1.35. The van der Waals surface area contributed by atoms with Crippen LogP contribution in [-0.2, 0) is 17.8 Å². The summed E-state index contributed by atoms with van der Waals surface area (Å²) < 4.78 is 0. The van der Waals surface area contributed by atoms with E-state index in [-0.39, 0.29) is 11.9 Å². The van der Waals surface area contributed by atoms with Crippen molar-refractivity contribution in [3.05, 3.63) is 35.4 Å². The van der Waals surface area contributed by atoms with Gasteiger partial charge >= 0.3 is 0 Å². The Morgan fingerprint density at radius 1 is 1.32 bits per heavy atom. The van der Waals surface area contributed by atoms with Gasteiger partial charge in [0.2, 0.25) is 5.91 Å². The van der Waals surface area contributed by atoms with Crippen molar-refractivity contribution in [3.8, 4) is 0 Å². The second-order valence-corrected chi connectivity index (χ2v) is 5.52. The maximum atomic E-state index is 12.1. The first-order valence-corrected chi connectivity index (χ1v) is 7.28. The first-order chi connectivity index (χ1) is 9.19. The third-order valence-electron chi connectivity index (χ3n) is 3.88. The van der Waals surface area contributed by atoms with E-state index in [1.165, 1.54) is 12.0 Å². The predicted molar refractivity (Wildman–Crippen MR) is 77.9 cm³/mol. The Morgan fingerprint density at radius 2 is 2.00 bits per heavy atom. The van der Waals surface area contributed by atoms with Gasteiger partial charge < -0.3 is 10.6 Å². The van der Waals surface area contributed by atoms with Crippen LogP contribution in [0.5, 0.6) is 0 Å². The van der Waals surface area contributed by atoms with Crippen LogP contribution in [0.1, 0.15) is 37.8 Å². The minimum atomic E-state index is -0.0151. The van der Waals surface area contributed by atoms with Gasteiger partial charge in [-0.2, -0.15) is 0 Å². The van der Waals surface area contributed by atoms with Gasteiger partial charge in [0.15, 0.2) is 0 Å². The van der Waals surface area contributed by atoms with E-state index in [1.807, 2.05) is 0 Å². The van der Waals surface area contributed by atoms with Crippen molar-refractivity contribution in [2.75, 3.05) is 6.54 Å². The summed E-state index contributed by atoms with van der Waals surface area (Å²) in [6.07, 6.45) is 3.17. The summed E-state index contributed by atoms with van der Waals surface area (Å²) in [6, 6.07) is 8.43. The van der Waals surface area contributed by atoms with E-state index in [0.717, 1.165) is 24.9 Å². The van der Waals surface area contributed by atoms with Crippen molar-refractivity contribution in [2.24, 2.45) is 5.92 Å². The molecule has 2 N–H and O–H groups in total. The van der Waals surface area contributed by atoms with Gasteiger partial charge in [-0.3, -0.25) is 4.79 Å². The molecule has 2 rings (SSSR count). The minimum absolute atomic E-state index is 0.0151. The summed E-state index contributed by atoms with van der Waals surface area (Å²) in [5, 5.41) is 6.32. The van der Waals surface area contributed by atoms with Gasteiger partial charge in [0.25, 0.3) is 0 Å². The molecule has 0 saturated carbocycles. The molecule has 3 nitrogen and oxygen atoms in total. The second-order valence-electron chi connectivity index (χ2n) is 5.52. The topological polar surface area (TPSA) is 41.1 Å². The molecule has 19 heavy (non-hydrogen) atoms. The van der Waals surface area contributed by atoms with E-state index < -0.39 is 0 Å². The first kappa shape index (κ1) is 14.1. The van der Waals surface area contributed by atoms with Crippen molar-refractivity contribution in [3.63, 3.8) is 0 Å². The molecular weight excluding hydrogens is 236 g/mol. The molecule has 1 heterocycles. The van der Waals surface area contributed by atoms with E-state index >= 15 is 0 Å². The van der Waals surface area contributed by atoms with Crippen LogP contribution in [0.4, 0.5) is 0 Å². The number of rotatable bonds is 4. The number of carbonyl (C=O) groups is 1. The molecule has 1 aliphatic rings. The van der Waals surface area contributed by atoms with Crippen molar-refractivity contribution in [1.29, 1.82) is 0 Å². The van der Waals surface area contributed by atoms with Gasteiger partial charge in [-0.1, -0.05) is 38.1 Å². The van der Waals surface area contributed by atoms with E-state index in [0.29, 0.717) is 12.5 Å². The lowest BCUT2D eigenvalue weighted by molar-refractivity contribution is -0.124. The molecule has 1 amide bonds. The molecule has 1 saturated heterocycles. The average Bonchev–Trinajstić information content (AvgIpc) is 2.45. The van der Waals surface area contributed by atoms with Crippen LogP contribution in [-0.4, -0.2) is 18.5 Å². The number of nitrogens with one attached hydrogen (secondary N) is 2. The largest absolute Gasteiger partial charge is 0.351 e. The molecule has 0 radical (unpaired) electrons. The monoisotopic (exact) mass is 260 g/mol. The van der Waals surface area contributed by atoms with Crippen LogP contribution in [0, 0.1) is 5.92 Å². The molecule has 1 fully saturated rings.